The third-order valence-electron chi connectivity index (χ3n) is 4.04. The summed E-state index contributed by atoms with van der Waals surface area (Å²) in [6.07, 6.45) is 3.98. The van der Waals surface area contributed by atoms with Gasteiger partial charge in [0.1, 0.15) is 0 Å². The van der Waals surface area contributed by atoms with E-state index in [9.17, 15) is 0 Å². The Labute approximate surface area is 116 Å². The van der Waals surface area contributed by atoms with Crippen LogP contribution in [0.25, 0.3) is 0 Å². The lowest BCUT2D eigenvalue weighted by Crippen LogP contribution is -2.30. The molecule has 1 fully saturated rings. The number of benzene rings is 1. The molecule has 0 atom stereocenters. The van der Waals surface area contributed by atoms with Crippen molar-refractivity contribution < 1.29 is 5.11 Å². The van der Waals surface area contributed by atoms with Crippen molar-refractivity contribution in [3.8, 4) is 0 Å². The topological polar surface area (TPSA) is 35.5 Å². The van der Waals surface area contributed by atoms with Gasteiger partial charge in [-0.05, 0) is 63.0 Å². The molecule has 0 radical (unpaired) electrons. The number of piperidine rings is 1. The van der Waals surface area contributed by atoms with Crippen LogP contribution in [0.3, 0.4) is 0 Å². The third-order valence-corrected chi connectivity index (χ3v) is 4.04. The molecule has 0 spiro atoms. The highest BCUT2D eigenvalue weighted by Gasteiger charge is 2.13. The molecular weight excluding hydrogens is 236 g/mol. The van der Waals surface area contributed by atoms with Crippen LogP contribution in [0.5, 0.6) is 0 Å². The lowest BCUT2D eigenvalue weighted by atomic mass is 9.94. The van der Waals surface area contributed by atoms with E-state index in [4.69, 9.17) is 5.11 Å². The highest BCUT2D eigenvalue weighted by molar-refractivity contribution is 5.21. The zero-order valence-electron chi connectivity index (χ0n) is 11.9. The standard InChI is InChI=1S/C16H26N2O/c1-18(11-8-14-6-9-17-10-7-14)12-15-2-4-16(13-19)5-3-15/h2-5,14,17,19H,6-13H2,1H3. The SMILES string of the molecule is CN(CCC1CCNCC1)Cc1ccc(CO)cc1. The van der Waals surface area contributed by atoms with E-state index >= 15 is 0 Å². The number of hydrogen-bond donors (Lipinski definition) is 2. The van der Waals surface area contributed by atoms with E-state index in [2.05, 4.69) is 29.4 Å². The Kier molecular flexibility index (Phi) is 5.83. The number of rotatable bonds is 6. The lowest BCUT2D eigenvalue weighted by molar-refractivity contribution is 0.265. The first-order valence-electron chi connectivity index (χ1n) is 7.36. The number of hydrogen-bond acceptors (Lipinski definition) is 3. The van der Waals surface area contributed by atoms with Gasteiger partial charge in [-0.1, -0.05) is 24.3 Å². The molecule has 0 saturated carbocycles. The van der Waals surface area contributed by atoms with Crippen LogP contribution >= 0.6 is 0 Å². The Bertz CT molecular complexity index is 358. The maximum Gasteiger partial charge on any atom is 0.0681 e. The number of nitrogens with zero attached hydrogens (tertiary/aromatic N) is 1. The van der Waals surface area contributed by atoms with Crippen molar-refractivity contribution in [2.45, 2.75) is 32.4 Å². The molecule has 1 heterocycles. The summed E-state index contributed by atoms with van der Waals surface area (Å²) in [6, 6.07) is 8.26. The highest BCUT2D eigenvalue weighted by atomic mass is 16.3. The summed E-state index contributed by atoms with van der Waals surface area (Å²) in [5.41, 5.74) is 2.31. The molecule has 0 amide bonds. The van der Waals surface area contributed by atoms with Crippen LogP contribution in [-0.4, -0.2) is 36.7 Å². The zero-order valence-corrected chi connectivity index (χ0v) is 11.9. The van der Waals surface area contributed by atoms with Gasteiger partial charge < -0.3 is 15.3 Å². The van der Waals surface area contributed by atoms with Crippen molar-refractivity contribution in [2.24, 2.45) is 5.92 Å². The molecule has 1 aromatic rings. The van der Waals surface area contributed by atoms with Crippen LogP contribution in [-0.2, 0) is 13.2 Å². The van der Waals surface area contributed by atoms with E-state index in [1.165, 1.54) is 44.5 Å². The van der Waals surface area contributed by atoms with Crippen molar-refractivity contribution in [2.75, 3.05) is 26.7 Å². The van der Waals surface area contributed by atoms with E-state index < -0.39 is 0 Å². The van der Waals surface area contributed by atoms with Gasteiger partial charge in [0.05, 0.1) is 6.61 Å². The molecule has 3 nitrogen and oxygen atoms in total. The predicted molar refractivity (Wildman–Crippen MR) is 78.9 cm³/mol. The monoisotopic (exact) mass is 262 g/mol. The summed E-state index contributed by atoms with van der Waals surface area (Å²) in [5.74, 6) is 0.903. The Balaban J connectivity index is 1.71. The minimum atomic E-state index is 0.131. The molecule has 1 saturated heterocycles. The van der Waals surface area contributed by atoms with Crippen molar-refractivity contribution in [1.29, 1.82) is 0 Å². The summed E-state index contributed by atoms with van der Waals surface area (Å²) in [4.78, 5) is 2.40. The van der Waals surface area contributed by atoms with Crippen LogP contribution in [0.4, 0.5) is 0 Å². The van der Waals surface area contributed by atoms with Crippen LogP contribution in [0.2, 0.25) is 0 Å². The fourth-order valence-corrected chi connectivity index (χ4v) is 2.71. The van der Waals surface area contributed by atoms with Crippen molar-refractivity contribution in [3.63, 3.8) is 0 Å². The van der Waals surface area contributed by atoms with Gasteiger partial charge in [-0.2, -0.15) is 0 Å². The van der Waals surface area contributed by atoms with E-state index in [-0.39, 0.29) is 6.61 Å². The highest BCUT2D eigenvalue weighted by Crippen LogP contribution is 2.16. The molecule has 19 heavy (non-hydrogen) atoms. The number of aliphatic hydroxyl groups is 1. The largest absolute Gasteiger partial charge is 0.392 e. The van der Waals surface area contributed by atoms with E-state index in [1.807, 2.05) is 12.1 Å². The first-order valence-corrected chi connectivity index (χ1v) is 7.36. The molecule has 2 rings (SSSR count). The van der Waals surface area contributed by atoms with Gasteiger partial charge in [0, 0.05) is 6.54 Å². The van der Waals surface area contributed by atoms with Crippen LogP contribution in [0.1, 0.15) is 30.4 Å². The molecule has 0 bridgehead atoms. The first kappa shape index (κ1) is 14.5. The Morgan fingerprint density at radius 2 is 1.79 bits per heavy atom. The van der Waals surface area contributed by atoms with Crippen LogP contribution < -0.4 is 5.32 Å². The van der Waals surface area contributed by atoms with Gasteiger partial charge in [-0.25, -0.2) is 0 Å². The number of nitrogens with one attached hydrogen (secondary N) is 1. The smallest absolute Gasteiger partial charge is 0.0681 e. The quantitative estimate of drug-likeness (QED) is 0.823. The summed E-state index contributed by atoms with van der Waals surface area (Å²) in [7, 11) is 2.20. The molecule has 3 heteroatoms. The maximum atomic E-state index is 9.02. The van der Waals surface area contributed by atoms with Gasteiger partial charge in [-0.3, -0.25) is 0 Å². The van der Waals surface area contributed by atoms with Crippen molar-refractivity contribution >= 4 is 0 Å². The van der Waals surface area contributed by atoms with Gasteiger partial charge in [0.2, 0.25) is 0 Å². The van der Waals surface area contributed by atoms with Crippen LogP contribution in [0.15, 0.2) is 24.3 Å². The summed E-state index contributed by atoms with van der Waals surface area (Å²) in [5, 5.41) is 12.4. The molecule has 0 aliphatic carbocycles. The lowest BCUT2D eigenvalue weighted by Gasteiger charge is -2.25. The summed E-state index contributed by atoms with van der Waals surface area (Å²) in [6.45, 7) is 4.68. The average molecular weight is 262 g/mol. The molecular formula is C16H26N2O. The first-order chi connectivity index (χ1) is 9.28. The normalized spacial score (nSPS) is 17.0. The Hall–Kier alpha value is -0.900. The maximum absolute atomic E-state index is 9.02. The Morgan fingerprint density at radius 3 is 2.42 bits per heavy atom. The van der Waals surface area contributed by atoms with E-state index in [0.717, 1.165) is 18.0 Å². The van der Waals surface area contributed by atoms with Crippen molar-refractivity contribution in [3.05, 3.63) is 35.4 Å². The summed E-state index contributed by atoms with van der Waals surface area (Å²) >= 11 is 0. The fraction of sp³-hybridized carbons (Fsp3) is 0.625. The van der Waals surface area contributed by atoms with Gasteiger partial charge >= 0.3 is 0 Å². The van der Waals surface area contributed by atoms with E-state index in [1.54, 1.807) is 0 Å². The molecule has 0 unspecified atom stereocenters. The minimum Gasteiger partial charge on any atom is -0.392 e. The number of aliphatic hydroxyl groups excluding tert-OH is 1. The third kappa shape index (κ3) is 4.94. The Morgan fingerprint density at radius 1 is 1.16 bits per heavy atom. The second kappa shape index (κ2) is 7.63. The van der Waals surface area contributed by atoms with Gasteiger partial charge in [0.15, 0.2) is 0 Å². The van der Waals surface area contributed by atoms with Crippen LogP contribution in [0, 0.1) is 5.92 Å². The van der Waals surface area contributed by atoms with Crippen molar-refractivity contribution in [1.82, 2.24) is 10.2 Å². The average Bonchev–Trinajstić information content (AvgIpc) is 2.47. The molecule has 0 aromatic heterocycles. The predicted octanol–water partition coefficient (Wildman–Crippen LogP) is 2.00. The molecule has 1 aliphatic rings. The fourth-order valence-electron chi connectivity index (χ4n) is 2.71. The zero-order chi connectivity index (χ0) is 13.5. The van der Waals surface area contributed by atoms with Gasteiger partial charge in [0.25, 0.3) is 0 Å². The summed E-state index contributed by atoms with van der Waals surface area (Å²) < 4.78 is 0. The van der Waals surface area contributed by atoms with Gasteiger partial charge in [-0.15, -0.1) is 0 Å². The molecule has 2 N–H and O–H groups in total. The molecule has 1 aromatic carbocycles. The minimum absolute atomic E-state index is 0.131. The second-order valence-corrected chi connectivity index (χ2v) is 5.69. The molecule has 106 valence electrons. The van der Waals surface area contributed by atoms with E-state index in [0.29, 0.717) is 0 Å². The second-order valence-electron chi connectivity index (χ2n) is 5.69. The molecule has 1 aliphatic heterocycles.